The van der Waals surface area contributed by atoms with Crippen LogP contribution in [0.15, 0.2) is 51.8 Å². The summed E-state index contributed by atoms with van der Waals surface area (Å²) in [6, 6.07) is 11.8. The zero-order valence-corrected chi connectivity index (χ0v) is 14.6. The topological polar surface area (TPSA) is 64.6 Å². The summed E-state index contributed by atoms with van der Waals surface area (Å²) in [5.41, 5.74) is 0.841. The first-order chi connectivity index (χ1) is 10.5. The Kier molecular flexibility index (Phi) is 5.44. The molecule has 0 aliphatic heterocycles. The molecule has 0 saturated carbocycles. The molecule has 0 bridgehead atoms. The molecule has 0 atom stereocenters. The van der Waals surface area contributed by atoms with Crippen LogP contribution in [0.25, 0.3) is 0 Å². The number of nitrogens with one attached hydrogen (secondary N) is 1. The van der Waals surface area contributed by atoms with E-state index in [4.69, 9.17) is 9.47 Å². The van der Waals surface area contributed by atoms with Crippen LogP contribution in [0.1, 0.15) is 5.56 Å². The molecule has 2 rings (SSSR count). The van der Waals surface area contributed by atoms with Crippen molar-refractivity contribution in [1.29, 1.82) is 0 Å². The largest absolute Gasteiger partial charge is 0.497 e. The molecule has 0 amide bonds. The summed E-state index contributed by atoms with van der Waals surface area (Å²) in [5.74, 6) is 1.19. The third-order valence-electron chi connectivity index (χ3n) is 3.06. The van der Waals surface area contributed by atoms with Gasteiger partial charge in [-0.2, -0.15) is 0 Å². The van der Waals surface area contributed by atoms with Crippen LogP contribution in [0.4, 0.5) is 0 Å². The number of sulfonamides is 1. The van der Waals surface area contributed by atoms with Gasteiger partial charge in [0.25, 0.3) is 0 Å². The monoisotopic (exact) mass is 385 g/mol. The van der Waals surface area contributed by atoms with E-state index in [-0.39, 0.29) is 11.4 Å². The summed E-state index contributed by atoms with van der Waals surface area (Å²) >= 11 is 3.29. The number of benzene rings is 2. The van der Waals surface area contributed by atoms with E-state index >= 15 is 0 Å². The highest BCUT2D eigenvalue weighted by Gasteiger charge is 2.15. The van der Waals surface area contributed by atoms with Crippen LogP contribution in [0, 0.1) is 0 Å². The highest BCUT2D eigenvalue weighted by Crippen LogP contribution is 2.27. The van der Waals surface area contributed by atoms with E-state index in [9.17, 15) is 8.42 Å². The molecule has 0 aromatic heterocycles. The minimum atomic E-state index is -3.61. The summed E-state index contributed by atoms with van der Waals surface area (Å²) < 4.78 is 38.0. The van der Waals surface area contributed by atoms with Crippen molar-refractivity contribution in [1.82, 2.24) is 4.72 Å². The molecule has 22 heavy (non-hydrogen) atoms. The maximum Gasteiger partial charge on any atom is 0.241 e. The first kappa shape index (κ1) is 16.8. The molecule has 0 heterocycles. The average Bonchev–Trinajstić information content (AvgIpc) is 2.53. The molecule has 0 spiro atoms. The molecule has 0 unspecified atom stereocenters. The summed E-state index contributed by atoms with van der Waals surface area (Å²) in [5, 5.41) is 0. The van der Waals surface area contributed by atoms with Crippen LogP contribution in [0.5, 0.6) is 11.5 Å². The lowest BCUT2D eigenvalue weighted by atomic mass is 10.2. The normalized spacial score (nSPS) is 11.2. The van der Waals surface area contributed by atoms with Crippen molar-refractivity contribution >= 4 is 26.0 Å². The number of ether oxygens (including phenoxy) is 2. The van der Waals surface area contributed by atoms with Crippen LogP contribution < -0.4 is 14.2 Å². The Hall–Kier alpha value is -1.57. The average molecular weight is 386 g/mol. The maximum atomic E-state index is 12.3. The second-order valence-electron chi connectivity index (χ2n) is 4.47. The van der Waals surface area contributed by atoms with Gasteiger partial charge >= 0.3 is 0 Å². The van der Waals surface area contributed by atoms with Gasteiger partial charge in [0.1, 0.15) is 11.5 Å². The van der Waals surface area contributed by atoms with Gasteiger partial charge in [-0.15, -0.1) is 0 Å². The molecule has 5 nitrogen and oxygen atoms in total. The van der Waals surface area contributed by atoms with Crippen molar-refractivity contribution in [2.45, 2.75) is 11.4 Å². The van der Waals surface area contributed by atoms with Gasteiger partial charge in [-0.1, -0.05) is 12.1 Å². The number of rotatable bonds is 6. The fourth-order valence-electron chi connectivity index (χ4n) is 1.81. The van der Waals surface area contributed by atoms with Crippen LogP contribution >= 0.6 is 15.9 Å². The number of methoxy groups -OCH3 is 2. The number of halogens is 1. The van der Waals surface area contributed by atoms with Crippen molar-refractivity contribution in [3.8, 4) is 11.5 Å². The van der Waals surface area contributed by atoms with E-state index in [1.54, 1.807) is 25.3 Å². The third kappa shape index (κ3) is 4.00. The standard InChI is InChI=1S/C15H16BrNO4S/c1-20-12-5-3-11(4-6-12)10-17-22(18,19)13-7-8-14(16)15(9-13)21-2/h3-9,17H,10H2,1-2H3. The molecule has 0 saturated heterocycles. The van der Waals surface area contributed by atoms with Crippen molar-refractivity contribution in [3.63, 3.8) is 0 Å². The molecule has 0 fully saturated rings. The predicted octanol–water partition coefficient (Wildman–Crippen LogP) is 2.94. The molecule has 0 aliphatic carbocycles. The van der Waals surface area contributed by atoms with Gasteiger partial charge in [0.2, 0.25) is 10.0 Å². The fraction of sp³-hybridized carbons (Fsp3) is 0.200. The first-order valence-electron chi connectivity index (χ1n) is 6.42. The van der Waals surface area contributed by atoms with Gasteiger partial charge in [0, 0.05) is 12.6 Å². The second-order valence-corrected chi connectivity index (χ2v) is 7.09. The van der Waals surface area contributed by atoms with Crippen LogP contribution in [-0.4, -0.2) is 22.6 Å². The lowest BCUT2D eigenvalue weighted by Gasteiger charge is -2.10. The van der Waals surface area contributed by atoms with E-state index in [0.717, 1.165) is 11.3 Å². The highest BCUT2D eigenvalue weighted by molar-refractivity contribution is 9.10. The maximum absolute atomic E-state index is 12.3. The van der Waals surface area contributed by atoms with Crippen LogP contribution in [0.3, 0.4) is 0 Å². The van der Waals surface area contributed by atoms with Gasteiger partial charge < -0.3 is 9.47 Å². The Bertz CT molecular complexity index is 745. The summed E-state index contributed by atoms with van der Waals surface area (Å²) in [7, 11) is -0.536. The Morgan fingerprint density at radius 2 is 1.73 bits per heavy atom. The Labute approximate surface area is 138 Å². The van der Waals surface area contributed by atoms with Crippen LogP contribution in [-0.2, 0) is 16.6 Å². The molecule has 1 N–H and O–H groups in total. The molecule has 2 aromatic carbocycles. The fourth-order valence-corrected chi connectivity index (χ4v) is 3.25. The van der Waals surface area contributed by atoms with Gasteiger partial charge in [-0.25, -0.2) is 13.1 Å². The molecule has 2 aromatic rings. The SMILES string of the molecule is COc1ccc(CNS(=O)(=O)c2ccc(Br)c(OC)c2)cc1. The Balaban J connectivity index is 2.13. The van der Waals surface area contributed by atoms with Gasteiger partial charge in [-0.05, 0) is 45.8 Å². The minimum absolute atomic E-state index is 0.154. The molecule has 0 aliphatic rings. The molecule has 0 radical (unpaired) electrons. The van der Waals surface area contributed by atoms with Gasteiger partial charge in [0.05, 0.1) is 23.6 Å². The molecule has 7 heteroatoms. The van der Waals surface area contributed by atoms with Crippen LogP contribution in [0.2, 0.25) is 0 Å². The number of hydrogen-bond acceptors (Lipinski definition) is 4. The zero-order valence-electron chi connectivity index (χ0n) is 12.2. The summed E-state index contributed by atoms with van der Waals surface area (Å²) in [6.07, 6.45) is 0. The van der Waals surface area contributed by atoms with Gasteiger partial charge in [-0.3, -0.25) is 0 Å². The van der Waals surface area contributed by atoms with Gasteiger partial charge in [0.15, 0.2) is 0 Å². The van der Waals surface area contributed by atoms with Crippen molar-refractivity contribution in [3.05, 3.63) is 52.5 Å². The zero-order chi connectivity index (χ0) is 16.2. The quantitative estimate of drug-likeness (QED) is 0.829. The Morgan fingerprint density at radius 3 is 2.32 bits per heavy atom. The second kappa shape index (κ2) is 7.13. The number of hydrogen-bond donors (Lipinski definition) is 1. The molecular weight excluding hydrogens is 370 g/mol. The minimum Gasteiger partial charge on any atom is -0.497 e. The van der Waals surface area contributed by atoms with E-state index in [1.807, 2.05) is 12.1 Å². The first-order valence-corrected chi connectivity index (χ1v) is 8.70. The van der Waals surface area contributed by atoms with E-state index in [1.165, 1.54) is 19.2 Å². The van der Waals surface area contributed by atoms with Crippen molar-refractivity contribution in [2.75, 3.05) is 14.2 Å². The highest BCUT2D eigenvalue weighted by atomic mass is 79.9. The van der Waals surface area contributed by atoms with E-state index < -0.39 is 10.0 Å². The van der Waals surface area contributed by atoms with E-state index in [0.29, 0.717) is 10.2 Å². The molecular formula is C15H16BrNO4S. The lowest BCUT2D eigenvalue weighted by Crippen LogP contribution is -2.23. The van der Waals surface area contributed by atoms with E-state index in [2.05, 4.69) is 20.7 Å². The summed E-state index contributed by atoms with van der Waals surface area (Å²) in [4.78, 5) is 0.154. The summed E-state index contributed by atoms with van der Waals surface area (Å²) in [6.45, 7) is 0.199. The predicted molar refractivity (Wildman–Crippen MR) is 87.7 cm³/mol. The smallest absolute Gasteiger partial charge is 0.241 e. The molecule has 118 valence electrons. The lowest BCUT2D eigenvalue weighted by molar-refractivity contribution is 0.410. The van der Waals surface area contributed by atoms with Crippen molar-refractivity contribution < 1.29 is 17.9 Å². The third-order valence-corrected chi connectivity index (χ3v) is 5.11. The van der Waals surface area contributed by atoms with Crippen molar-refractivity contribution in [2.24, 2.45) is 0 Å². The Morgan fingerprint density at radius 1 is 1.05 bits per heavy atom.